The SMILES string of the molecule is O=C(C1=C(O)C(=O)N(CCN2CCCC2)C1c1cccc(Cl)c1)C1CC1. The Kier molecular flexibility index (Phi) is 4.76. The van der Waals surface area contributed by atoms with Gasteiger partial charge in [0, 0.05) is 24.0 Å². The molecular weight excluding hydrogens is 352 g/mol. The lowest BCUT2D eigenvalue weighted by Gasteiger charge is -2.28. The molecule has 138 valence electrons. The predicted octanol–water partition coefficient (Wildman–Crippen LogP) is 3.11. The first-order valence-corrected chi connectivity index (χ1v) is 9.70. The van der Waals surface area contributed by atoms with E-state index in [9.17, 15) is 14.7 Å². The summed E-state index contributed by atoms with van der Waals surface area (Å²) in [6.45, 7) is 3.32. The van der Waals surface area contributed by atoms with E-state index in [4.69, 9.17) is 11.6 Å². The highest BCUT2D eigenvalue weighted by Gasteiger charge is 2.46. The second-order valence-corrected chi connectivity index (χ2v) is 7.84. The van der Waals surface area contributed by atoms with E-state index in [-0.39, 0.29) is 23.0 Å². The Hall–Kier alpha value is -1.85. The molecule has 5 nitrogen and oxygen atoms in total. The zero-order valence-corrected chi connectivity index (χ0v) is 15.4. The number of Topliss-reactive ketones (excluding diaryl/α,β-unsaturated/α-hetero) is 1. The highest BCUT2D eigenvalue weighted by molar-refractivity contribution is 6.30. The summed E-state index contributed by atoms with van der Waals surface area (Å²) in [5.41, 5.74) is 1.03. The third-order valence-corrected chi connectivity index (χ3v) is 5.77. The van der Waals surface area contributed by atoms with Crippen LogP contribution in [0.1, 0.15) is 37.3 Å². The first-order chi connectivity index (χ1) is 12.6. The van der Waals surface area contributed by atoms with E-state index in [2.05, 4.69) is 4.90 Å². The number of amides is 1. The van der Waals surface area contributed by atoms with Gasteiger partial charge in [-0.05, 0) is 56.5 Å². The van der Waals surface area contributed by atoms with Gasteiger partial charge in [-0.25, -0.2) is 0 Å². The highest BCUT2D eigenvalue weighted by atomic mass is 35.5. The summed E-state index contributed by atoms with van der Waals surface area (Å²) in [4.78, 5) is 29.5. The van der Waals surface area contributed by atoms with E-state index < -0.39 is 11.9 Å². The molecule has 2 heterocycles. The average Bonchev–Trinajstić information content (AvgIpc) is 3.29. The van der Waals surface area contributed by atoms with Gasteiger partial charge >= 0.3 is 0 Å². The van der Waals surface area contributed by atoms with E-state index in [1.54, 1.807) is 17.0 Å². The van der Waals surface area contributed by atoms with Gasteiger partial charge < -0.3 is 14.9 Å². The summed E-state index contributed by atoms with van der Waals surface area (Å²) >= 11 is 6.15. The van der Waals surface area contributed by atoms with Crippen molar-refractivity contribution in [3.8, 4) is 0 Å². The van der Waals surface area contributed by atoms with E-state index in [0.717, 1.165) is 38.0 Å². The Morgan fingerprint density at radius 1 is 1.19 bits per heavy atom. The molecule has 6 heteroatoms. The average molecular weight is 375 g/mol. The smallest absolute Gasteiger partial charge is 0.290 e. The Bertz CT molecular complexity index is 766. The second kappa shape index (κ2) is 7.05. The lowest BCUT2D eigenvalue weighted by Crippen LogP contribution is -2.38. The molecule has 1 aromatic rings. The molecule has 0 bridgehead atoms. The van der Waals surface area contributed by atoms with Crippen molar-refractivity contribution in [2.45, 2.75) is 31.7 Å². The van der Waals surface area contributed by atoms with Crippen LogP contribution in [0.15, 0.2) is 35.6 Å². The molecule has 1 saturated heterocycles. The number of ketones is 1. The van der Waals surface area contributed by atoms with Crippen LogP contribution in [0.3, 0.4) is 0 Å². The molecule has 1 atom stereocenters. The van der Waals surface area contributed by atoms with Crippen LogP contribution in [0.4, 0.5) is 0 Å². The first-order valence-electron chi connectivity index (χ1n) is 9.32. The molecule has 0 spiro atoms. The van der Waals surface area contributed by atoms with Crippen LogP contribution >= 0.6 is 11.6 Å². The summed E-state index contributed by atoms with van der Waals surface area (Å²) in [5, 5.41) is 11.0. The van der Waals surface area contributed by atoms with Crippen molar-refractivity contribution in [3.05, 3.63) is 46.2 Å². The molecule has 0 radical (unpaired) electrons. The van der Waals surface area contributed by atoms with Crippen LogP contribution in [0.5, 0.6) is 0 Å². The van der Waals surface area contributed by atoms with Crippen molar-refractivity contribution in [1.29, 1.82) is 0 Å². The van der Waals surface area contributed by atoms with E-state index in [0.29, 0.717) is 11.6 Å². The topological polar surface area (TPSA) is 60.9 Å². The van der Waals surface area contributed by atoms with Crippen LogP contribution in [0.2, 0.25) is 5.02 Å². The zero-order chi connectivity index (χ0) is 18.3. The normalized spacial score (nSPS) is 24.0. The van der Waals surface area contributed by atoms with Gasteiger partial charge in [0.25, 0.3) is 5.91 Å². The Morgan fingerprint density at radius 2 is 1.92 bits per heavy atom. The fourth-order valence-corrected chi connectivity index (χ4v) is 4.18. The Balaban J connectivity index is 1.65. The molecule has 4 rings (SSSR count). The van der Waals surface area contributed by atoms with Crippen molar-refractivity contribution in [2.24, 2.45) is 5.92 Å². The third kappa shape index (κ3) is 3.26. The van der Waals surface area contributed by atoms with Gasteiger partial charge in [-0.2, -0.15) is 0 Å². The molecule has 3 aliphatic rings. The van der Waals surface area contributed by atoms with Crippen LogP contribution in [0, 0.1) is 5.92 Å². The maximum absolute atomic E-state index is 12.8. The van der Waals surface area contributed by atoms with Gasteiger partial charge in [0.15, 0.2) is 11.5 Å². The molecule has 0 aromatic heterocycles. The third-order valence-electron chi connectivity index (χ3n) is 5.54. The monoisotopic (exact) mass is 374 g/mol. The van der Waals surface area contributed by atoms with Gasteiger partial charge in [-0.3, -0.25) is 9.59 Å². The van der Waals surface area contributed by atoms with Gasteiger partial charge in [0.05, 0.1) is 11.6 Å². The number of aliphatic hydroxyl groups excluding tert-OH is 1. The fourth-order valence-electron chi connectivity index (χ4n) is 3.98. The van der Waals surface area contributed by atoms with E-state index in [1.807, 2.05) is 12.1 Å². The van der Waals surface area contributed by atoms with E-state index in [1.165, 1.54) is 12.8 Å². The molecule has 1 amide bonds. The Labute approximate surface area is 158 Å². The number of hydrogen-bond donors (Lipinski definition) is 1. The molecular formula is C20H23ClN2O3. The number of nitrogens with zero attached hydrogens (tertiary/aromatic N) is 2. The molecule has 1 unspecified atom stereocenters. The fraction of sp³-hybridized carbons (Fsp3) is 0.500. The van der Waals surface area contributed by atoms with Crippen molar-refractivity contribution in [1.82, 2.24) is 9.80 Å². The maximum atomic E-state index is 12.8. The minimum atomic E-state index is -0.545. The standard InChI is InChI=1S/C20H23ClN2O3/c21-15-5-3-4-14(12-15)17-16(18(24)13-6-7-13)19(25)20(26)23(17)11-10-22-8-1-2-9-22/h3-5,12-13,17,25H,1-2,6-11H2. The molecule has 1 saturated carbocycles. The lowest BCUT2D eigenvalue weighted by molar-refractivity contribution is -0.129. The number of hydrogen-bond acceptors (Lipinski definition) is 4. The van der Waals surface area contributed by atoms with Crippen LogP contribution in [-0.2, 0) is 9.59 Å². The van der Waals surface area contributed by atoms with Crippen molar-refractivity contribution in [3.63, 3.8) is 0 Å². The minimum Gasteiger partial charge on any atom is -0.503 e. The number of carbonyl (C=O) groups excluding carboxylic acids is 2. The number of rotatable bonds is 6. The van der Waals surface area contributed by atoms with E-state index >= 15 is 0 Å². The maximum Gasteiger partial charge on any atom is 0.290 e. The van der Waals surface area contributed by atoms with Gasteiger partial charge in [0.1, 0.15) is 0 Å². The lowest BCUT2D eigenvalue weighted by atomic mass is 9.94. The molecule has 1 aliphatic carbocycles. The number of likely N-dealkylation sites (tertiary alicyclic amines) is 1. The molecule has 2 fully saturated rings. The van der Waals surface area contributed by atoms with Gasteiger partial charge in [0.2, 0.25) is 0 Å². The van der Waals surface area contributed by atoms with Crippen molar-refractivity contribution in [2.75, 3.05) is 26.2 Å². The summed E-state index contributed by atoms with van der Waals surface area (Å²) in [7, 11) is 0. The first kappa shape index (κ1) is 17.6. The summed E-state index contributed by atoms with van der Waals surface area (Å²) in [6.07, 6.45) is 4.03. The summed E-state index contributed by atoms with van der Waals surface area (Å²) in [6, 6.07) is 6.68. The van der Waals surface area contributed by atoms with Crippen LogP contribution in [0.25, 0.3) is 0 Å². The van der Waals surface area contributed by atoms with Crippen molar-refractivity contribution >= 4 is 23.3 Å². The number of halogens is 1. The number of carbonyl (C=O) groups is 2. The minimum absolute atomic E-state index is 0.0554. The van der Waals surface area contributed by atoms with Gasteiger partial charge in [-0.1, -0.05) is 23.7 Å². The van der Waals surface area contributed by atoms with Crippen LogP contribution in [-0.4, -0.2) is 52.8 Å². The number of benzene rings is 1. The number of aliphatic hydroxyl groups is 1. The van der Waals surface area contributed by atoms with Crippen molar-refractivity contribution < 1.29 is 14.7 Å². The predicted molar refractivity (Wildman–Crippen MR) is 99.0 cm³/mol. The molecule has 1 N–H and O–H groups in total. The second-order valence-electron chi connectivity index (χ2n) is 7.41. The molecule has 26 heavy (non-hydrogen) atoms. The molecule has 1 aromatic carbocycles. The zero-order valence-electron chi connectivity index (χ0n) is 14.7. The highest BCUT2D eigenvalue weighted by Crippen LogP contribution is 2.43. The molecule has 2 aliphatic heterocycles. The Morgan fingerprint density at radius 3 is 2.58 bits per heavy atom. The van der Waals surface area contributed by atoms with Crippen LogP contribution < -0.4 is 0 Å². The largest absolute Gasteiger partial charge is 0.503 e. The quantitative estimate of drug-likeness (QED) is 0.831. The van der Waals surface area contributed by atoms with Gasteiger partial charge in [-0.15, -0.1) is 0 Å². The summed E-state index contributed by atoms with van der Waals surface area (Å²) < 4.78 is 0. The summed E-state index contributed by atoms with van der Waals surface area (Å²) in [5.74, 6) is -0.976.